The van der Waals surface area contributed by atoms with Gasteiger partial charge in [-0.05, 0) is 43.5 Å². The number of carbonyl (C=O) groups excluding carboxylic acids is 1. The highest BCUT2D eigenvalue weighted by molar-refractivity contribution is 5.94. The second kappa shape index (κ2) is 10.6. The van der Waals surface area contributed by atoms with Crippen LogP contribution in [0.4, 0.5) is 5.69 Å². The van der Waals surface area contributed by atoms with Crippen LogP contribution in [0.25, 0.3) is 0 Å². The van der Waals surface area contributed by atoms with E-state index in [4.69, 9.17) is 9.47 Å². The highest BCUT2D eigenvalue weighted by Gasteiger charge is 2.14. The lowest BCUT2D eigenvalue weighted by atomic mass is 10.0. The molecule has 1 aliphatic rings. The van der Waals surface area contributed by atoms with Crippen molar-refractivity contribution in [2.24, 2.45) is 4.99 Å². The molecule has 0 aliphatic carbocycles. The van der Waals surface area contributed by atoms with Crippen LogP contribution >= 0.6 is 0 Å². The number of hydrogen-bond acceptors (Lipinski definition) is 4. The number of ether oxygens (including phenoxy) is 2. The Bertz CT molecular complexity index is 590. The zero-order valence-electron chi connectivity index (χ0n) is 15.1. The molecule has 1 aromatic rings. The van der Waals surface area contributed by atoms with Crippen LogP contribution in [0.5, 0.6) is 5.75 Å². The lowest BCUT2D eigenvalue weighted by Crippen LogP contribution is -2.39. The molecule has 1 aliphatic heterocycles. The van der Waals surface area contributed by atoms with E-state index < -0.39 is 0 Å². The summed E-state index contributed by atoms with van der Waals surface area (Å²) in [5, 5.41) is 9.33. The summed E-state index contributed by atoms with van der Waals surface area (Å²) < 4.78 is 10.8. The fraction of sp³-hybridized carbons (Fsp3) is 0.556. The number of nitrogens with one attached hydrogen (secondary N) is 3. The third-order valence-corrected chi connectivity index (χ3v) is 3.76. The first kappa shape index (κ1) is 19.1. The molecule has 3 N–H and O–H groups in total. The Labute approximate surface area is 149 Å². The predicted octanol–water partition coefficient (Wildman–Crippen LogP) is 1.54. The molecule has 0 saturated heterocycles. The van der Waals surface area contributed by atoms with E-state index in [9.17, 15) is 4.79 Å². The Hall–Kier alpha value is -2.28. The Balaban J connectivity index is 1.74. The van der Waals surface area contributed by atoms with Crippen molar-refractivity contribution in [1.82, 2.24) is 10.6 Å². The molecular formula is C18H28N4O3. The van der Waals surface area contributed by atoms with Crippen molar-refractivity contribution in [3.05, 3.63) is 23.8 Å². The van der Waals surface area contributed by atoms with Gasteiger partial charge in [-0.25, -0.2) is 0 Å². The van der Waals surface area contributed by atoms with Crippen LogP contribution in [0.2, 0.25) is 0 Å². The maximum Gasteiger partial charge on any atom is 0.224 e. The Kier molecular flexibility index (Phi) is 8.04. The largest absolute Gasteiger partial charge is 0.492 e. The van der Waals surface area contributed by atoms with Crippen molar-refractivity contribution in [2.75, 3.05) is 45.3 Å². The zero-order chi connectivity index (χ0) is 17.9. The van der Waals surface area contributed by atoms with Gasteiger partial charge in [-0.2, -0.15) is 0 Å². The molecule has 7 nitrogen and oxygen atoms in total. The molecule has 7 heteroatoms. The molecule has 0 radical (unpaired) electrons. The van der Waals surface area contributed by atoms with Crippen LogP contribution in [-0.2, 0) is 16.0 Å². The number of hydrogen-bond donors (Lipinski definition) is 3. The molecule has 0 saturated carbocycles. The summed E-state index contributed by atoms with van der Waals surface area (Å²) in [6, 6.07) is 5.78. The summed E-state index contributed by atoms with van der Waals surface area (Å²) in [6.45, 7) is 5.48. The summed E-state index contributed by atoms with van der Waals surface area (Å²) >= 11 is 0. The second-order valence-electron chi connectivity index (χ2n) is 5.75. The van der Waals surface area contributed by atoms with Crippen molar-refractivity contribution in [1.29, 1.82) is 0 Å². The number of aliphatic imine (C=N–C) groups is 1. The molecule has 138 valence electrons. The van der Waals surface area contributed by atoms with Gasteiger partial charge in [-0.15, -0.1) is 0 Å². The molecule has 1 aromatic carbocycles. The highest BCUT2D eigenvalue weighted by atomic mass is 16.5. The minimum absolute atomic E-state index is 0.0751. The van der Waals surface area contributed by atoms with Crippen LogP contribution in [0, 0.1) is 0 Å². The van der Waals surface area contributed by atoms with Gasteiger partial charge < -0.3 is 25.4 Å². The lowest BCUT2D eigenvalue weighted by Gasteiger charge is -2.18. The number of methoxy groups -OCH3 is 1. The van der Waals surface area contributed by atoms with Gasteiger partial charge in [-0.3, -0.25) is 9.79 Å². The van der Waals surface area contributed by atoms with Crippen LogP contribution in [0.3, 0.4) is 0 Å². The Morgan fingerprint density at radius 2 is 2.16 bits per heavy atom. The lowest BCUT2D eigenvalue weighted by molar-refractivity contribution is -0.116. The number of aryl methyl sites for hydroxylation is 1. The van der Waals surface area contributed by atoms with Gasteiger partial charge >= 0.3 is 0 Å². The first-order valence-electron chi connectivity index (χ1n) is 8.79. The van der Waals surface area contributed by atoms with E-state index in [0.29, 0.717) is 26.2 Å². The second-order valence-corrected chi connectivity index (χ2v) is 5.75. The molecule has 1 heterocycles. The van der Waals surface area contributed by atoms with E-state index >= 15 is 0 Å². The number of anilines is 1. The molecule has 0 unspecified atom stereocenters. The maximum atomic E-state index is 11.4. The summed E-state index contributed by atoms with van der Waals surface area (Å²) in [7, 11) is 1.69. The number of rotatable bonds is 9. The average Bonchev–Trinajstić information content (AvgIpc) is 2.62. The summed E-state index contributed by atoms with van der Waals surface area (Å²) in [5.74, 6) is 1.68. The first-order chi connectivity index (χ1) is 12.2. The zero-order valence-corrected chi connectivity index (χ0v) is 15.1. The predicted molar refractivity (Wildman–Crippen MR) is 99.4 cm³/mol. The number of amides is 1. The van der Waals surface area contributed by atoms with Crippen LogP contribution < -0.4 is 20.7 Å². The van der Waals surface area contributed by atoms with Gasteiger partial charge in [-0.1, -0.05) is 0 Å². The van der Waals surface area contributed by atoms with E-state index in [2.05, 4.69) is 20.9 Å². The minimum Gasteiger partial charge on any atom is -0.492 e. The number of carbonyl (C=O) groups is 1. The molecule has 0 fully saturated rings. The third-order valence-electron chi connectivity index (χ3n) is 3.76. The third kappa shape index (κ3) is 6.62. The van der Waals surface area contributed by atoms with Gasteiger partial charge in [0.25, 0.3) is 0 Å². The van der Waals surface area contributed by atoms with Crippen molar-refractivity contribution in [2.45, 2.75) is 26.2 Å². The van der Waals surface area contributed by atoms with Gasteiger partial charge in [0, 0.05) is 38.9 Å². The normalized spacial score (nSPS) is 13.8. The number of nitrogens with zero attached hydrogens (tertiary/aromatic N) is 1. The SMILES string of the molecule is CCNC(=NCCCOC)NCCOc1ccc2c(c1)CCC(=O)N2. The van der Waals surface area contributed by atoms with E-state index in [-0.39, 0.29) is 5.91 Å². The maximum absolute atomic E-state index is 11.4. The van der Waals surface area contributed by atoms with Gasteiger partial charge in [0.05, 0.1) is 6.54 Å². The standard InChI is InChI=1S/C18H28N4O3/c1-3-19-18(20-9-4-11-24-2)21-10-12-25-15-6-7-16-14(13-15)5-8-17(23)22-16/h6-7,13H,3-5,8-12H2,1-2H3,(H,22,23)(H2,19,20,21). The highest BCUT2D eigenvalue weighted by Crippen LogP contribution is 2.26. The average molecular weight is 348 g/mol. The van der Waals surface area contributed by atoms with E-state index in [1.807, 2.05) is 25.1 Å². The van der Waals surface area contributed by atoms with E-state index in [0.717, 1.165) is 48.9 Å². The summed E-state index contributed by atoms with van der Waals surface area (Å²) in [6.07, 6.45) is 2.19. The first-order valence-corrected chi connectivity index (χ1v) is 8.79. The Morgan fingerprint density at radius 3 is 2.96 bits per heavy atom. The van der Waals surface area contributed by atoms with Gasteiger partial charge in [0.2, 0.25) is 5.91 Å². The van der Waals surface area contributed by atoms with Crippen molar-refractivity contribution >= 4 is 17.6 Å². The Morgan fingerprint density at radius 1 is 1.28 bits per heavy atom. The number of fused-ring (bicyclic) bond motifs is 1. The quantitative estimate of drug-likeness (QED) is 0.358. The fourth-order valence-corrected chi connectivity index (χ4v) is 2.53. The van der Waals surface area contributed by atoms with Gasteiger partial charge in [0.15, 0.2) is 5.96 Å². The van der Waals surface area contributed by atoms with Crippen molar-refractivity contribution in [3.8, 4) is 5.75 Å². The molecular weight excluding hydrogens is 320 g/mol. The molecule has 0 aromatic heterocycles. The van der Waals surface area contributed by atoms with E-state index in [1.165, 1.54) is 0 Å². The summed E-state index contributed by atoms with van der Waals surface area (Å²) in [4.78, 5) is 15.9. The van der Waals surface area contributed by atoms with Crippen LogP contribution in [-0.4, -0.2) is 51.8 Å². The van der Waals surface area contributed by atoms with Crippen molar-refractivity contribution in [3.63, 3.8) is 0 Å². The van der Waals surface area contributed by atoms with Crippen molar-refractivity contribution < 1.29 is 14.3 Å². The monoisotopic (exact) mass is 348 g/mol. The molecule has 1 amide bonds. The fourth-order valence-electron chi connectivity index (χ4n) is 2.53. The van der Waals surface area contributed by atoms with Crippen LogP contribution in [0.1, 0.15) is 25.3 Å². The molecule has 0 atom stereocenters. The molecule has 2 rings (SSSR count). The van der Waals surface area contributed by atoms with E-state index in [1.54, 1.807) is 7.11 Å². The van der Waals surface area contributed by atoms with Crippen LogP contribution in [0.15, 0.2) is 23.2 Å². The number of benzene rings is 1. The summed E-state index contributed by atoms with van der Waals surface area (Å²) in [5.41, 5.74) is 2.01. The number of guanidine groups is 1. The topological polar surface area (TPSA) is 84.0 Å². The molecule has 0 spiro atoms. The molecule has 0 bridgehead atoms. The minimum atomic E-state index is 0.0751. The molecule has 25 heavy (non-hydrogen) atoms. The smallest absolute Gasteiger partial charge is 0.224 e. The van der Waals surface area contributed by atoms with Gasteiger partial charge in [0.1, 0.15) is 12.4 Å².